The average Bonchev–Trinajstić information content (AvgIpc) is 3.16. The molecule has 1 aromatic heterocycles. The molecular weight excluding hydrogens is 473 g/mol. The summed E-state index contributed by atoms with van der Waals surface area (Å²) in [7, 11) is 6.78. The Morgan fingerprint density at radius 2 is 1.83 bits per heavy atom. The van der Waals surface area contributed by atoms with E-state index in [-0.39, 0.29) is 6.04 Å². The van der Waals surface area contributed by atoms with Crippen molar-refractivity contribution in [3.8, 4) is 11.5 Å². The predicted octanol–water partition coefficient (Wildman–Crippen LogP) is 3.94. The van der Waals surface area contributed by atoms with E-state index in [4.69, 9.17) is 9.47 Å². The van der Waals surface area contributed by atoms with Crippen LogP contribution in [0.5, 0.6) is 11.5 Å². The van der Waals surface area contributed by atoms with E-state index in [1.54, 1.807) is 35.2 Å². The van der Waals surface area contributed by atoms with Gasteiger partial charge in [0.25, 0.3) is 0 Å². The van der Waals surface area contributed by atoms with Crippen molar-refractivity contribution >= 4 is 11.3 Å². The molecule has 1 aromatic carbocycles. The molecule has 0 saturated heterocycles. The van der Waals surface area contributed by atoms with Crippen LogP contribution in [-0.2, 0) is 7.05 Å². The number of rotatable bonds is 7. The molecule has 4 rings (SSSR count). The number of hydrogen-bond acceptors (Lipinski definition) is 6. The van der Waals surface area contributed by atoms with Gasteiger partial charge in [0.15, 0.2) is 6.10 Å². The maximum absolute atomic E-state index is 13.4. The number of fused-ring (bicyclic) bond motifs is 1. The number of ether oxygens (including phenoxy) is 2. The Balaban J connectivity index is 1.80. The van der Waals surface area contributed by atoms with Gasteiger partial charge in [0.05, 0.1) is 33.0 Å². The van der Waals surface area contributed by atoms with E-state index in [1.165, 1.54) is 19.1 Å². The fraction of sp³-hybridized carbons (Fsp3) is 0.346. The summed E-state index contributed by atoms with van der Waals surface area (Å²) < 4.78 is 52.7. The molecule has 0 saturated carbocycles. The quantitative estimate of drug-likeness (QED) is 0.619. The van der Waals surface area contributed by atoms with Gasteiger partial charge in [-0.15, -0.1) is 0 Å². The number of alkyl halides is 3. The van der Waals surface area contributed by atoms with Gasteiger partial charge in [-0.05, 0) is 30.3 Å². The lowest BCUT2D eigenvalue weighted by Gasteiger charge is -2.33. The van der Waals surface area contributed by atoms with Crippen molar-refractivity contribution in [3.05, 3.63) is 77.8 Å². The molecule has 2 unspecified atom stereocenters. The molecule has 10 heteroatoms. The summed E-state index contributed by atoms with van der Waals surface area (Å²) in [5, 5.41) is 14.3. The van der Waals surface area contributed by atoms with E-state index in [2.05, 4.69) is 16.1 Å². The molecular formula is C26H29F3N4O3. The summed E-state index contributed by atoms with van der Waals surface area (Å²) in [6.07, 6.45) is 5.85. The number of likely N-dealkylation sites (N-methyl/N-ethyl adjacent to an activating group) is 1. The smallest absolute Gasteiger partial charge is 0.416 e. The minimum Gasteiger partial charge on any atom is -0.497 e. The summed E-state index contributed by atoms with van der Waals surface area (Å²) in [5.41, 5.74) is 3.81. The Bertz CT molecular complexity index is 1210. The molecule has 192 valence electrons. The van der Waals surface area contributed by atoms with Crippen molar-refractivity contribution in [1.29, 1.82) is 0 Å². The fourth-order valence-corrected chi connectivity index (χ4v) is 4.33. The van der Waals surface area contributed by atoms with Crippen LogP contribution < -0.4 is 14.4 Å². The van der Waals surface area contributed by atoms with Crippen molar-refractivity contribution < 1.29 is 27.8 Å². The number of aliphatic hydroxyl groups is 1. The Morgan fingerprint density at radius 1 is 1.14 bits per heavy atom. The van der Waals surface area contributed by atoms with Gasteiger partial charge >= 0.3 is 6.18 Å². The lowest BCUT2D eigenvalue weighted by Crippen LogP contribution is -2.41. The predicted molar refractivity (Wildman–Crippen MR) is 132 cm³/mol. The van der Waals surface area contributed by atoms with E-state index >= 15 is 0 Å². The second kappa shape index (κ2) is 10.2. The number of methoxy groups -OCH3 is 2. The maximum Gasteiger partial charge on any atom is 0.416 e. The third-order valence-electron chi connectivity index (χ3n) is 6.22. The number of aromatic nitrogens is 2. The van der Waals surface area contributed by atoms with Crippen molar-refractivity contribution in [1.82, 2.24) is 14.7 Å². The van der Waals surface area contributed by atoms with Gasteiger partial charge in [-0.3, -0.25) is 9.58 Å². The van der Waals surface area contributed by atoms with E-state index < -0.39 is 18.8 Å². The summed E-state index contributed by atoms with van der Waals surface area (Å²) in [4.78, 5) is 3.58. The molecule has 0 amide bonds. The van der Waals surface area contributed by atoms with Crippen molar-refractivity contribution in [3.63, 3.8) is 0 Å². The molecule has 0 fully saturated rings. The fourth-order valence-electron chi connectivity index (χ4n) is 4.33. The number of aliphatic hydroxyl groups excluding tert-OH is 1. The summed E-state index contributed by atoms with van der Waals surface area (Å²) >= 11 is 0. The second-order valence-electron chi connectivity index (χ2n) is 8.79. The number of benzene rings is 1. The monoisotopic (exact) mass is 502 g/mol. The van der Waals surface area contributed by atoms with Gasteiger partial charge in [-0.25, -0.2) is 0 Å². The SMILES string of the molecule is COc1cc(OC)cc(N(CC(O)C(F)(F)F)C2=CC=CC3C(=C2)C=C(c2cnn(C)c2)CN3C)c1. The minimum atomic E-state index is -4.78. The average molecular weight is 503 g/mol. The highest BCUT2D eigenvalue weighted by Gasteiger charge is 2.40. The maximum atomic E-state index is 13.4. The van der Waals surface area contributed by atoms with Crippen LogP contribution >= 0.6 is 0 Å². The van der Waals surface area contributed by atoms with Gasteiger partial charge < -0.3 is 19.5 Å². The Morgan fingerprint density at radius 3 is 2.42 bits per heavy atom. The van der Waals surface area contributed by atoms with Crippen molar-refractivity contribution in [2.24, 2.45) is 7.05 Å². The number of halogens is 3. The second-order valence-corrected chi connectivity index (χ2v) is 8.79. The summed E-state index contributed by atoms with van der Waals surface area (Å²) in [6.45, 7) is -0.0140. The zero-order valence-corrected chi connectivity index (χ0v) is 20.5. The number of nitrogens with zero attached hydrogens (tertiary/aromatic N) is 4. The van der Waals surface area contributed by atoms with E-state index in [9.17, 15) is 18.3 Å². The zero-order chi connectivity index (χ0) is 26.0. The summed E-state index contributed by atoms with van der Waals surface area (Å²) in [5.74, 6) is 0.838. The van der Waals surface area contributed by atoms with Crippen LogP contribution in [0.4, 0.5) is 18.9 Å². The van der Waals surface area contributed by atoms with Crippen LogP contribution in [0.25, 0.3) is 5.57 Å². The van der Waals surface area contributed by atoms with Gasteiger partial charge in [-0.1, -0.05) is 18.2 Å². The highest BCUT2D eigenvalue weighted by atomic mass is 19.4. The largest absolute Gasteiger partial charge is 0.497 e. The van der Waals surface area contributed by atoms with Crippen LogP contribution in [0.1, 0.15) is 5.56 Å². The van der Waals surface area contributed by atoms with Crippen LogP contribution in [0, 0.1) is 0 Å². The third kappa shape index (κ3) is 5.50. The normalized spacial score (nSPS) is 19.0. The van der Waals surface area contributed by atoms with Gasteiger partial charge in [0.1, 0.15) is 11.5 Å². The molecule has 0 bridgehead atoms. The van der Waals surface area contributed by atoms with Gasteiger partial charge in [-0.2, -0.15) is 18.3 Å². The lowest BCUT2D eigenvalue weighted by atomic mass is 9.94. The first kappa shape index (κ1) is 25.6. The van der Waals surface area contributed by atoms with Gasteiger partial charge in [0, 0.05) is 54.9 Å². The molecule has 2 heterocycles. The molecule has 7 nitrogen and oxygen atoms in total. The Kier molecular flexibility index (Phi) is 7.28. The van der Waals surface area contributed by atoms with Crippen LogP contribution in [0.2, 0.25) is 0 Å². The minimum absolute atomic E-state index is 0.0617. The molecule has 2 aromatic rings. The molecule has 1 aliphatic carbocycles. The number of hydrogen-bond donors (Lipinski definition) is 1. The highest BCUT2D eigenvalue weighted by Crippen LogP contribution is 2.35. The molecule has 0 radical (unpaired) electrons. The van der Waals surface area contributed by atoms with Gasteiger partial charge in [0.2, 0.25) is 0 Å². The van der Waals surface area contributed by atoms with Crippen molar-refractivity contribution in [2.75, 3.05) is 39.3 Å². The number of anilines is 1. The zero-order valence-electron chi connectivity index (χ0n) is 20.5. The molecule has 0 spiro atoms. The molecule has 2 aliphatic rings. The molecule has 2 atom stereocenters. The Hall–Kier alpha value is -3.50. The van der Waals surface area contributed by atoms with E-state index in [0.717, 1.165) is 16.7 Å². The Labute approximate surface area is 208 Å². The first-order valence-electron chi connectivity index (χ1n) is 11.3. The topological polar surface area (TPSA) is 63.0 Å². The summed E-state index contributed by atoms with van der Waals surface area (Å²) in [6, 6.07) is 4.80. The first-order chi connectivity index (χ1) is 17.1. The molecule has 1 aliphatic heterocycles. The van der Waals surface area contributed by atoms with Crippen LogP contribution in [-0.4, -0.2) is 72.5 Å². The standard InChI is InChI=1S/C26H29F3N4O3/c1-31-14-18(19-13-30-32(2)15-19)8-17-9-20(6-5-7-24(17)31)33(16-25(34)26(27,28)29)21-10-22(35-3)12-23(11-21)36-4/h5-13,15,24-25,34H,14,16H2,1-4H3. The number of aryl methyl sites for hydroxylation is 1. The first-order valence-corrected chi connectivity index (χ1v) is 11.3. The van der Waals surface area contributed by atoms with Crippen molar-refractivity contribution in [2.45, 2.75) is 18.3 Å². The number of allylic oxidation sites excluding steroid dienone is 3. The van der Waals surface area contributed by atoms with Crippen LogP contribution in [0.15, 0.2) is 72.2 Å². The van der Waals surface area contributed by atoms with E-state index in [0.29, 0.717) is 29.4 Å². The molecule has 1 N–H and O–H groups in total. The third-order valence-corrected chi connectivity index (χ3v) is 6.22. The highest BCUT2D eigenvalue weighted by molar-refractivity contribution is 5.72. The van der Waals surface area contributed by atoms with E-state index in [1.807, 2.05) is 38.5 Å². The molecule has 36 heavy (non-hydrogen) atoms. The van der Waals surface area contributed by atoms with Crippen LogP contribution in [0.3, 0.4) is 0 Å². The lowest BCUT2D eigenvalue weighted by molar-refractivity contribution is -0.200.